The molecular weight excluding hydrogens is 414 g/mol. The molecule has 1 unspecified atom stereocenters. The van der Waals surface area contributed by atoms with Crippen molar-refractivity contribution in [1.29, 1.82) is 0 Å². The highest BCUT2D eigenvalue weighted by atomic mass is 16.5. The van der Waals surface area contributed by atoms with Crippen LogP contribution in [0.15, 0.2) is 82.7 Å². The standard InChI is InChI=1S/C24H19NO7/c1-31-17-6-3-2-5-16(17)21-20(22(28)18-7-4-12-32-18)23(29)24(30)25(21)15-10-8-14(9-11-15)13-19(26)27/h2-12,21,29H,13H2,1H3,(H,26,27). The summed E-state index contributed by atoms with van der Waals surface area (Å²) in [5.74, 6) is -2.64. The van der Waals surface area contributed by atoms with Crippen molar-refractivity contribution in [3.8, 4) is 5.75 Å². The van der Waals surface area contributed by atoms with E-state index in [1.807, 2.05) is 0 Å². The molecule has 1 aromatic heterocycles. The number of carboxylic acids is 1. The Hall–Kier alpha value is -4.33. The molecule has 0 saturated heterocycles. The largest absolute Gasteiger partial charge is 0.503 e. The molecule has 2 N–H and O–H groups in total. The van der Waals surface area contributed by atoms with Gasteiger partial charge in [0.05, 0.1) is 31.4 Å². The van der Waals surface area contributed by atoms with Gasteiger partial charge in [-0.15, -0.1) is 0 Å². The summed E-state index contributed by atoms with van der Waals surface area (Å²) >= 11 is 0. The highest BCUT2D eigenvalue weighted by Gasteiger charge is 2.46. The van der Waals surface area contributed by atoms with Crippen molar-refractivity contribution in [3.05, 3.63) is 95.1 Å². The smallest absolute Gasteiger partial charge is 0.307 e. The van der Waals surface area contributed by atoms with E-state index >= 15 is 0 Å². The first-order valence-electron chi connectivity index (χ1n) is 9.71. The van der Waals surface area contributed by atoms with Crippen molar-refractivity contribution in [1.82, 2.24) is 0 Å². The molecule has 1 aliphatic heterocycles. The SMILES string of the molecule is COc1ccccc1C1C(C(=O)c2ccco2)=C(O)C(=O)N1c1ccc(CC(=O)O)cc1. The third-order valence-corrected chi connectivity index (χ3v) is 5.20. The van der Waals surface area contributed by atoms with Crippen molar-refractivity contribution in [2.45, 2.75) is 12.5 Å². The van der Waals surface area contributed by atoms with E-state index in [2.05, 4.69) is 0 Å². The molecule has 8 heteroatoms. The van der Waals surface area contributed by atoms with Crippen LogP contribution >= 0.6 is 0 Å². The summed E-state index contributed by atoms with van der Waals surface area (Å²) in [5.41, 5.74) is 1.29. The number of amides is 1. The number of Topliss-reactive ketones (excluding diaryl/α,β-unsaturated/α-hetero) is 1. The Kier molecular flexibility index (Phi) is 5.51. The number of anilines is 1. The molecule has 2 heterocycles. The first kappa shape index (κ1) is 20.9. The highest BCUT2D eigenvalue weighted by molar-refractivity contribution is 6.20. The average molecular weight is 433 g/mol. The maximum Gasteiger partial charge on any atom is 0.307 e. The lowest BCUT2D eigenvalue weighted by molar-refractivity contribution is -0.136. The predicted octanol–water partition coefficient (Wildman–Crippen LogP) is 3.70. The lowest BCUT2D eigenvalue weighted by atomic mass is 9.94. The number of carbonyl (C=O) groups excluding carboxylic acids is 2. The van der Waals surface area contributed by atoms with Gasteiger partial charge in [0.2, 0.25) is 5.78 Å². The minimum Gasteiger partial charge on any atom is -0.503 e. The predicted molar refractivity (Wildman–Crippen MR) is 114 cm³/mol. The molecule has 8 nitrogen and oxygen atoms in total. The Morgan fingerprint density at radius 3 is 2.41 bits per heavy atom. The van der Waals surface area contributed by atoms with E-state index in [1.165, 1.54) is 24.3 Å². The van der Waals surface area contributed by atoms with Gasteiger partial charge in [-0.1, -0.05) is 30.3 Å². The number of methoxy groups -OCH3 is 1. The molecule has 2 aromatic carbocycles. The van der Waals surface area contributed by atoms with Crippen molar-refractivity contribution in [2.24, 2.45) is 0 Å². The van der Waals surface area contributed by atoms with E-state index in [4.69, 9.17) is 14.3 Å². The fourth-order valence-electron chi connectivity index (χ4n) is 3.78. The number of aliphatic hydroxyl groups excluding tert-OH is 1. The third-order valence-electron chi connectivity index (χ3n) is 5.20. The number of ether oxygens (including phenoxy) is 1. The molecule has 0 saturated carbocycles. The number of para-hydroxylation sites is 1. The van der Waals surface area contributed by atoms with Gasteiger partial charge in [0.25, 0.3) is 5.91 Å². The van der Waals surface area contributed by atoms with Crippen molar-refractivity contribution in [3.63, 3.8) is 0 Å². The number of rotatable bonds is 7. The zero-order chi connectivity index (χ0) is 22.8. The molecule has 3 aromatic rings. The second-order valence-corrected chi connectivity index (χ2v) is 7.13. The number of aliphatic carboxylic acids is 1. The van der Waals surface area contributed by atoms with Crippen LogP contribution in [0.3, 0.4) is 0 Å². The third kappa shape index (κ3) is 3.62. The summed E-state index contributed by atoms with van der Waals surface area (Å²) in [6.07, 6.45) is 1.16. The Morgan fingerprint density at radius 2 is 1.78 bits per heavy atom. The summed E-state index contributed by atoms with van der Waals surface area (Å²) in [6, 6.07) is 15.2. The van der Waals surface area contributed by atoms with Crippen molar-refractivity contribution < 1.29 is 33.8 Å². The fraction of sp³-hybridized carbons (Fsp3) is 0.125. The summed E-state index contributed by atoms with van der Waals surface area (Å²) in [6.45, 7) is 0. The molecule has 4 rings (SSSR count). The summed E-state index contributed by atoms with van der Waals surface area (Å²) < 4.78 is 10.7. The second-order valence-electron chi connectivity index (χ2n) is 7.13. The number of furan rings is 1. The van der Waals surface area contributed by atoms with E-state index in [9.17, 15) is 19.5 Å². The van der Waals surface area contributed by atoms with E-state index in [0.717, 1.165) is 0 Å². The van der Waals surface area contributed by atoms with Gasteiger partial charge in [0, 0.05) is 11.3 Å². The number of carbonyl (C=O) groups is 3. The van der Waals surface area contributed by atoms with E-state index in [-0.39, 0.29) is 17.8 Å². The van der Waals surface area contributed by atoms with Gasteiger partial charge in [-0.05, 0) is 35.9 Å². The first-order chi connectivity index (χ1) is 15.4. The van der Waals surface area contributed by atoms with Crippen LogP contribution in [-0.4, -0.2) is 35.0 Å². The van der Waals surface area contributed by atoms with E-state index in [1.54, 1.807) is 54.6 Å². The van der Waals surface area contributed by atoms with Gasteiger partial charge in [0.15, 0.2) is 11.5 Å². The number of nitrogens with zero attached hydrogens (tertiary/aromatic N) is 1. The average Bonchev–Trinajstić information content (AvgIpc) is 3.41. The molecule has 0 spiro atoms. The number of hydrogen-bond donors (Lipinski definition) is 2. The summed E-state index contributed by atoms with van der Waals surface area (Å²) in [5, 5.41) is 19.7. The molecule has 32 heavy (non-hydrogen) atoms. The lowest BCUT2D eigenvalue weighted by Gasteiger charge is -2.28. The normalized spacial score (nSPS) is 15.8. The number of benzene rings is 2. The topological polar surface area (TPSA) is 117 Å². The van der Waals surface area contributed by atoms with Crippen LogP contribution in [0.25, 0.3) is 0 Å². The Bertz CT molecular complexity index is 1210. The molecule has 1 aliphatic rings. The van der Waals surface area contributed by atoms with Gasteiger partial charge < -0.3 is 19.4 Å². The molecule has 0 bridgehead atoms. The van der Waals surface area contributed by atoms with Gasteiger partial charge in [0.1, 0.15) is 5.75 Å². The van der Waals surface area contributed by atoms with Crippen LogP contribution in [0.5, 0.6) is 5.75 Å². The van der Waals surface area contributed by atoms with Gasteiger partial charge in [-0.3, -0.25) is 19.3 Å². The minimum atomic E-state index is -0.985. The molecule has 0 aliphatic carbocycles. The van der Waals surface area contributed by atoms with Crippen molar-refractivity contribution >= 4 is 23.3 Å². The molecule has 1 atom stereocenters. The van der Waals surface area contributed by atoms with Gasteiger partial charge in [-0.2, -0.15) is 0 Å². The van der Waals surface area contributed by atoms with Crippen LogP contribution in [-0.2, 0) is 16.0 Å². The molecule has 1 amide bonds. The maximum absolute atomic E-state index is 13.2. The second kappa shape index (κ2) is 8.43. The zero-order valence-corrected chi connectivity index (χ0v) is 17.0. The fourth-order valence-corrected chi connectivity index (χ4v) is 3.78. The van der Waals surface area contributed by atoms with Crippen LogP contribution < -0.4 is 9.64 Å². The van der Waals surface area contributed by atoms with Gasteiger partial charge >= 0.3 is 5.97 Å². The summed E-state index contributed by atoms with van der Waals surface area (Å²) in [4.78, 5) is 38.6. The number of carboxylic acid groups (broad SMARTS) is 1. The number of ketones is 1. The van der Waals surface area contributed by atoms with Gasteiger partial charge in [-0.25, -0.2) is 0 Å². The number of hydrogen-bond acceptors (Lipinski definition) is 6. The van der Waals surface area contributed by atoms with E-state index in [0.29, 0.717) is 22.6 Å². The lowest BCUT2D eigenvalue weighted by Crippen LogP contribution is -2.31. The van der Waals surface area contributed by atoms with Crippen LogP contribution in [0.2, 0.25) is 0 Å². The van der Waals surface area contributed by atoms with Crippen LogP contribution in [0.1, 0.15) is 27.7 Å². The number of aliphatic hydroxyl groups is 1. The van der Waals surface area contributed by atoms with E-state index < -0.39 is 29.5 Å². The maximum atomic E-state index is 13.2. The quantitative estimate of drug-likeness (QED) is 0.546. The van der Waals surface area contributed by atoms with Crippen LogP contribution in [0.4, 0.5) is 5.69 Å². The Morgan fingerprint density at radius 1 is 1.06 bits per heavy atom. The monoisotopic (exact) mass is 433 g/mol. The van der Waals surface area contributed by atoms with Crippen LogP contribution in [0, 0.1) is 0 Å². The summed E-state index contributed by atoms with van der Waals surface area (Å²) in [7, 11) is 1.47. The molecule has 0 fully saturated rings. The Balaban J connectivity index is 1.85. The molecule has 0 radical (unpaired) electrons. The van der Waals surface area contributed by atoms with Crippen molar-refractivity contribution in [2.75, 3.05) is 12.0 Å². The highest BCUT2D eigenvalue weighted by Crippen LogP contribution is 2.44. The first-order valence-corrected chi connectivity index (χ1v) is 9.71. The Labute approximate surface area is 183 Å². The molecular formula is C24H19NO7. The molecule has 162 valence electrons. The zero-order valence-electron chi connectivity index (χ0n) is 17.0. The minimum absolute atomic E-state index is 0.0158.